The minimum Gasteiger partial charge on any atom is -0.493 e. The predicted molar refractivity (Wildman–Crippen MR) is 93.1 cm³/mol. The van der Waals surface area contributed by atoms with Gasteiger partial charge in [0.25, 0.3) is 0 Å². The third-order valence-electron chi connectivity index (χ3n) is 3.15. The van der Waals surface area contributed by atoms with Gasteiger partial charge in [0.2, 0.25) is 5.91 Å². The van der Waals surface area contributed by atoms with Gasteiger partial charge in [0.05, 0.1) is 7.11 Å². The van der Waals surface area contributed by atoms with Gasteiger partial charge >= 0.3 is 5.97 Å². The molecule has 24 heavy (non-hydrogen) atoms. The molecule has 0 fully saturated rings. The first-order valence-electron chi connectivity index (χ1n) is 7.40. The molecule has 2 aromatic carbocycles. The predicted octanol–water partition coefficient (Wildman–Crippen LogP) is 3.58. The Kier molecular flexibility index (Phi) is 5.73. The molecular weight excluding hydrogens is 306 g/mol. The van der Waals surface area contributed by atoms with Gasteiger partial charge in [-0.05, 0) is 48.4 Å². The number of carbonyl (C=O) groups is 2. The average molecular weight is 325 g/mol. The summed E-state index contributed by atoms with van der Waals surface area (Å²) in [7, 11) is 1.49. The Bertz CT molecular complexity index is 781. The molecule has 0 radical (unpaired) electrons. The highest BCUT2D eigenvalue weighted by molar-refractivity contribution is 6.02. The van der Waals surface area contributed by atoms with E-state index in [4.69, 9.17) is 9.47 Å². The molecule has 0 saturated heterocycles. The molecule has 1 N–H and O–H groups in total. The van der Waals surface area contributed by atoms with E-state index in [0.717, 1.165) is 11.3 Å². The lowest BCUT2D eigenvalue weighted by atomic mass is 10.2. The van der Waals surface area contributed by atoms with Crippen LogP contribution >= 0.6 is 0 Å². The number of methoxy groups -OCH3 is 1. The van der Waals surface area contributed by atoms with Crippen LogP contribution in [0, 0.1) is 6.92 Å². The Morgan fingerprint density at radius 3 is 2.54 bits per heavy atom. The van der Waals surface area contributed by atoms with Crippen LogP contribution in [0.4, 0.5) is 5.69 Å². The van der Waals surface area contributed by atoms with Gasteiger partial charge in [-0.15, -0.1) is 0 Å². The van der Waals surface area contributed by atoms with E-state index in [1.54, 1.807) is 24.3 Å². The Morgan fingerprint density at radius 2 is 1.88 bits per heavy atom. The molecular formula is C19H19NO4. The zero-order chi connectivity index (χ0) is 17.5. The monoisotopic (exact) mass is 325 g/mol. The van der Waals surface area contributed by atoms with Gasteiger partial charge < -0.3 is 14.8 Å². The summed E-state index contributed by atoms with van der Waals surface area (Å²) in [5, 5.41) is 2.79. The smallest absolute Gasteiger partial charge is 0.308 e. The van der Waals surface area contributed by atoms with Crippen LogP contribution in [-0.2, 0) is 9.59 Å². The Balaban J connectivity index is 2.10. The lowest BCUT2D eigenvalue weighted by molar-refractivity contribution is -0.132. The van der Waals surface area contributed by atoms with Gasteiger partial charge in [-0.25, -0.2) is 0 Å². The molecule has 2 rings (SSSR count). The average Bonchev–Trinajstić information content (AvgIpc) is 2.52. The molecule has 0 bridgehead atoms. The molecule has 1 amide bonds. The first-order valence-corrected chi connectivity index (χ1v) is 7.40. The van der Waals surface area contributed by atoms with Gasteiger partial charge in [0, 0.05) is 18.7 Å². The standard InChI is InChI=1S/C19H19NO4/c1-13-5-4-6-16(11-13)20-19(22)10-8-15-7-9-17(23-3)18(12-15)24-14(2)21/h4-12H,1-3H3,(H,20,22). The number of carbonyl (C=O) groups excluding carboxylic acids is 2. The highest BCUT2D eigenvalue weighted by Crippen LogP contribution is 2.28. The highest BCUT2D eigenvalue weighted by atomic mass is 16.6. The number of rotatable bonds is 5. The number of benzene rings is 2. The van der Waals surface area contributed by atoms with Crippen LogP contribution in [0.3, 0.4) is 0 Å². The number of ether oxygens (including phenoxy) is 2. The first-order chi connectivity index (χ1) is 11.5. The Labute approximate surface area is 140 Å². The maximum Gasteiger partial charge on any atom is 0.308 e. The van der Waals surface area contributed by atoms with Crippen molar-refractivity contribution in [3.05, 3.63) is 59.7 Å². The van der Waals surface area contributed by atoms with E-state index in [2.05, 4.69) is 5.32 Å². The summed E-state index contributed by atoms with van der Waals surface area (Å²) in [6, 6.07) is 12.6. The van der Waals surface area contributed by atoms with Crippen molar-refractivity contribution in [2.24, 2.45) is 0 Å². The summed E-state index contributed by atoms with van der Waals surface area (Å²) in [4.78, 5) is 23.1. The molecule has 5 nitrogen and oxygen atoms in total. The maximum atomic E-state index is 12.0. The van der Waals surface area contributed by atoms with Crippen molar-refractivity contribution in [3.63, 3.8) is 0 Å². The molecule has 2 aromatic rings. The van der Waals surface area contributed by atoms with E-state index in [1.165, 1.54) is 20.1 Å². The number of amides is 1. The second kappa shape index (κ2) is 7.97. The van der Waals surface area contributed by atoms with Crippen LogP contribution in [0.1, 0.15) is 18.1 Å². The molecule has 0 aromatic heterocycles. The van der Waals surface area contributed by atoms with E-state index in [-0.39, 0.29) is 5.91 Å². The fourth-order valence-electron chi connectivity index (χ4n) is 2.11. The summed E-state index contributed by atoms with van der Waals surface area (Å²) in [6.45, 7) is 3.27. The number of esters is 1. The van der Waals surface area contributed by atoms with Crippen molar-refractivity contribution < 1.29 is 19.1 Å². The van der Waals surface area contributed by atoms with Gasteiger partial charge in [-0.2, -0.15) is 0 Å². The lowest BCUT2D eigenvalue weighted by Gasteiger charge is -2.08. The number of aryl methyl sites for hydroxylation is 1. The summed E-state index contributed by atoms with van der Waals surface area (Å²) >= 11 is 0. The van der Waals surface area contributed by atoms with Crippen molar-refractivity contribution in [1.29, 1.82) is 0 Å². The molecule has 0 unspecified atom stereocenters. The minimum atomic E-state index is -0.438. The molecule has 0 saturated carbocycles. The molecule has 0 aliphatic heterocycles. The van der Waals surface area contributed by atoms with Crippen molar-refractivity contribution >= 4 is 23.6 Å². The molecule has 5 heteroatoms. The minimum absolute atomic E-state index is 0.245. The second-order valence-corrected chi connectivity index (χ2v) is 5.20. The lowest BCUT2D eigenvalue weighted by Crippen LogP contribution is -2.07. The van der Waals surface area contributed by atoms with E-state index >= 15 is 0 Å². The second-order valence-electron chi connectivity index (χ2n) is 5.20. The topological polar surface area (TPSA) is 64.6 Å². The maximum absolute atomic E-state index is 12.0. The third-order valence-corrected chi connectivity index (χ3v) is 3.15. The summed E-state index contributed by atoms with van der Waals surface area (Å²) < 4.78 is 10.2. The quantitative estimate of drug-likeness (QED) is 0.518. The van der Waals surface area contributed by atoms with E-state index in [1.807, 2.05) is 31.2 Å². The van der Waals surface area contributed by atoms with Crippen LogP contribution in [0.25, 0.3) is 6.08 Å². The van der Waals surface area contributed by atoms with Crippen molar-refractivity contribution in [3.8, 4) is 11.5 Å². The van der Waals surface area contributed by atoms with Gasteiger partial charge in [0.15, 0.2) is 11.5 Å². The molecule has 124 valence electrons. The number of hydrogen-bond acceptors (Lipinski definition) is 4. The zero-order valence-corrected chi connectivity index (χ0v) is 13.8. The third kappa shape index (κ3) is 4.98. The van der Waals surface area contributed by atoms with Gasteiger partial charge in [0.1, 0.15) is 0 Å². The Hall–Kier alpha value is -3.08. The molecule has 0 aliphatic carbocycles. The van der Waals surface area contributed by atoms with Gasteiger partial charge in [-0.3, -0.25) is 9.59 Å². The fraction of sp³-hybridized carbons (Fsp3) is 0.158. The van der Waals surface area contributed by atoms with E-state index < -0.39 is 5.97 Å². The molecule has 0 atom stereocenters. The molecule has 0 spiro atoms. The normalized spacial score (nSPS) is 10.5. The van der Waals surface area contributed by atoms with Crippen LogP contribution in [-0.4, -0.2) is 19.0 Å². The van der Waals surface area contributed by atoms with Crippen molar-refractivity contribution in [1.82, 2.24) is 0 Å². The van der Waals surface area contributed by atoms with Crippen LogP contribution in [0.5, 0.6) is 11.5 Å². The number of anilines is 1. The number of hydrogen-bond donors (Lipinski definition) is 1. The van der Waals surface area contributed by atoms with E-state index in [9.17, 15) is 9.59 Å². The molecule has 0 aliphatic rings. The van der Waals surface area contributed by atoms with Crippen LogP contribution in [0.15, 0.2) is 48.5 Å². The zero-order valence-electron chi connectivity index (χ0n) is 13.8. The van der Waals surface area contributed by atoms with Crippen LogP contribution < -0.4 is 14.8 Å². The SMILES string of the molecule is COc1ccc(C=CC(=O)Nc2cccc(C)c2)cc1OC(C)=O. The summed E-state index contributed by atoms with van der Waals surface area (Å²) in [5.74, 6) is 0.0786. The largest absolute Gasteiger partial charge is 0.493 e. The van der Waals surface area contributed by atoms with E-state index in [0.29, 0.717) is 17.1 Å². The van der Waals surface area contributed by atoms with Gasteiger partial charge in [-0.1, -0.05) is 18.2 Å². The summed E-state index contributed by atoms with van der Waals surface area (Å²) in [6.07, 6.45) is 3.05. The van der Waals surface area contributed by atoms with Crippen molar-refractivity contribution in [2.75, 3.05) is 12.4 Å². The fourth-order valence-corrected chi connectivity index (χ4v) is 2.11. The first kappa shape index (κ1) is 17.3. The highest BCUT2D eigenvalue weighted by Gasteiger charge is 2.07. The molecule has 0 heterocycles. The Morgan fingerprint density at radius 1 is 1.08 bits per heavy atom. The number of nitrogens with one attached hydrogen (secondary N) is 1. The van der Waals surface area contributed by atoms with Crippen LogP contribution in [0.2, 0.25) is 0 Å². The van der Waals surface area contributed by atoms with Crippen molar-refractivity contribution in [2.45, 2.75) is 13.8 Å². The summed E-state index contributed by atoms with van der Waals surface area (Å²) in [5.41, 5.74) is 2.52.